The van der Waals surface area contributed by atoms with E-state index in [1.54, 1.807) is 0 Å². The van der Waals surface area contributed by atoms with Gasteiger partial charge in [-0.25, -0.2) is 0 Å². The highest BCUT2D eigenvalue weighted by atomic mass is 16.3. The van der Waals surface area contributed by atoms with E-state index in [1.807, 2.05) is 0 Å². The number of hydrogen-bond acceptors (Lipinski definition) is 2. The third-order valence-corrected chi connectivity index (χ3v) is 3.96. The summed E-state index contributed by atoms with van der Waals surface area (Å²) in [5.74, 6) is 0.769. The number of aryl methyl sites for hydroxylation is 2. The number of rotatable bonds is 3. The maximum Gasteiger partial charge on any atom is 0.0919 e. The molecular formula is C16H25NO. The van der Waals surface area contributed by atoms with Crippen molar-refractivity contribution in [3.05, 3.63) is 34.9 Å². The minimum absolute atomic E-state index is 0.351. The summed E-state index contributed by atoms with van der Waals surface area (Å²) < 4.78 is 0. The van der Waals surface area contributed by atoms with Gasteiger partial charge in [0.25, 0.3) is 0 Å². The van der Waals surface area contributed by atoms with Gasteiger partial charge >= 0.3 is 0 Å². The van der Waals surface area contributed by atoms with Gasteiger partial charge in [-0.3, -0.25) is 0 Å². The zero-order valence-electron chi connectivity index (χ0n) is 11.8. The number of aliphatic hydroxyl groups is 1. The van der Waals surface area contributed by atoms with Gasteiger partial charge in [0.2, 0.25) is 0 Å². The van der Waals surface area contributed by atoms with Gasteiger partial charge < -0.3 is 10.0 Å². The van der Waals surface area contributed by atoms with Gasteiger partial charge in [-0.15, -0.1) is 0 Å². The molecule has 1 aromatic rings. The minimum atomic E-state index is -0.351. The molecule has 2 heteroatoms. The quantitative estimate of drug-likeness (QED) is 0.887. The highest BCUT2D eigenvalue weighted by Crippen LogP contribution is 2.22. The Kier molecular flexibility index (Phi) is 4.41. The molecule has 0 radical (unpaired) electrons. The summed E-state index contributed by atoms with van der Waals surface area (Å²) in [6.45, 7) is 9.51. The van der Waals surface area contributed by atoms with Crippen molar-refractivity contribution >= 4 is 0 Å². The molecule has 1 N–H and O–H groups in total. The molecule has 1 saturated heterocycles. The SMILES string of the molecule is Cc1ccc(C(O)CN2CCCC(C)C2)c(C)c1. The van der Waals surface area contributed by atoms with Gasteiger partial charge in [-0.05, 0) is 50.3 Å². The largest absolute Gasteiger partial charge is 0.387 e. The smallest absolute Gasteiger partial charge is 0.0919 e. The monoisotopic (exact) mass is 247 g/mol. The minimum Gasteiger partial charge on any atom is -0.387 e. The molecule has 0 saturated carbocycles. The standard InChI is InChI=1S/C16H25NO/c1-12-6-7-15(14(3)9-12)16(18)11-17-8-4-5-13(2)10-17/h6-7,9,13,16,18H,4-5,8,10-11H2,1-3H3. The number of aliphatic hydroxyl groups excluding tert-OH is 1. The van der Waals surface area contributed by atoms with E-state index in [9.17, 15) is 5.11 Å². The molecule has 1 fully saturated rings. The first kappa shape index (κ1) is 13.6. The van der Waals surface area contributed by atoms with Crippen molar-refractivity contribution in [2.45, 2.75) is 39.7 Å². The highest BCUT2D eigenvalue weighted by Gasteiger charge is 2.20. The molecule has 0 spiro atoms. The average molecular weight is 247 g/mol. The second-order valence-electron chi connectivity index (χ2n) is 5.88. The van der Waals surface area contributed by atoms with E-state index in [0.717, 1.165) is 31.1 Å². The van der Waals surface area contributed by atoms with Crippen LogP contribution in [0.3, 0.4) is 0 Å². The van der Waals surface area contributed by atoms with Crippen LogP contribution in [-0.2, 0) is 0 Å². The van der Waals surface area contributed by atoms with E-state index < -0.39 is 0 Å². The highest BCUT2D eigenvalue weighted by molar-refractivity contribution is 5.32. The zero-order chi connectivity index (χ0) is 13.1. The first-order valence-corrected chi connectivity index (χ1v) is 7.04. The van der Waals surface area contributed by atoms with E-state index in [1.165, 1.54) is 24.0 Å². The second kappa shape index (κ2) is 5.85. The summed E-state index contributed by atoms with van der Waals surface area (Å²) in [6.07, 6.45) is 2.24. The topological polar surface area (TPSA) is 23.5 Å². The van der Waals surface area contributed by atoms with Crippen molar-refractivity contribution in [1.29, 1.82) is 0 Å². The van der Waals surface area contributed by atoms with Crippen LogP contribution in [0.5, 0.6) is 0 Å². The third-order valence-electron chi connectivity index (χ3n) is 3.96. The van der Waals surface area contributed by atoms with E-state index in [0.29, 0.717) is 0 Å². The van der Waals surface area contributed by atoms with Crippen molar-refractivity contribution in [2.75, 3.05) is 19.6 Å². The number of benzene rings is 1. The number of piperidine rings is 1. The lowest BCUT2D eigenvalue weighted by atomic mass is 9.97. The summed E-state index contributed by atoms with van der Waals surface area (Å²) in [5.41, 5.74) is 3.54. The van der Waals surface area contributed by atoms with Crippen LogP contribution >= 0.6 is 0 Å². The first-order valence-electron chi connectivity index (χ1n) is 7.04. The Hall–Kier alpha value is -0.860. The molecule has 18 heavy (non-hydrogen) atoms. The molecule has 2 unspecified atom stereocenters. The molecule has 0 bridgehead atoms. The lowest BCUT2D eigenvalue weighted by Crippen LogP contribution is -2.37. The zero-order valence-corrected chi connectivity index (χ0v) is 11.8. The van der Waals surface area contributed by atoms with Crippen LogP contribution in [-0.4, -0.2) is 29.6 Å². The van der Waals surface area contributed by atoms with E-state index in [-0.39, 0.29) is 6.10 Å². The van der Waals surface area contributed by atoms with Gasteiger partial charge in [-0.1, -0.05) is 30.7 Å². The van der Waals surface area contributed by atoms with Gasteiger partial charge in [0.15, 0.2) is 0 Å². The van der Waals surface area contributed by atoms with Crippen LogP contribution in [0.4, 0.5) is 0 Å². The molecule has 1 heterocycles. The Morgan fingerprint density at radius 2 is 2.17 bits per heavy atom. The Morgan fingerprint density at radius 1 is 1.39 bits per heavy atom. The Bertz CT molecular complexity index is 402. The van der Waals surface area contributed by atoms with Gasteiger partial charge in [-0.2, -0.15) is 0 Å². The maximum absolute atomic E-state index is 10.4. The molecule has 2 rings (SSSR count). The number of likely N-dealkylation sites (tertiary alicyclic amines) is 1. The van der Waals surface area contributed by atoms with Crippen LogP contribution in [0.2, 0.25) is 0 Å². The summed E-state index contributed by atoms with van der Waals surface area (Å²) in [4.78, 5) is 2.40. The fourth-order valence-electron chi connectivity index (χ4n) is 2.99. The first-order chi connectivity index (χ1) is 8.56. The summed E-state index contributed by atoms with van der Waals surface area (Å²) in [7, 11) is 0. The van der Waals surface area contributed by atoms with Crippen molar-refractivity contribution in [2.24, 2.45) is 5.92 Å². The van der Waals surface area contributed by atoms with E-state index in [2.05, 4.69) is 43.9 Å². The Balaban J connectivity index is 2.00. The lowest BCUT2D eigenvalue weighted by molar-refractivity contribution is 0.0872. The fraction of sp³-hybridized carbons (Fsp3) is 0.625. The molecule has 2 nitrogen and oxygen atoms in total. The molecule has 1 aliphatic heterocycles. The molecule has 0 aromatic heterocycles. The van der Waals surface area contributed by atoms with E-state index in [4.69, 9.17) is 0 Å². The molecule has 2 atom stereocenters. The van der Waals surface area contributed by atoms with Gasteiger partial charge in [0.05, 0.1) is 6.10 Å². The van der Waals surface area contributed by atoms with Crippen molar-refractivity contribution < 1.29 is 5.11 Å². The third kappa shape index (κ3) is 3.33. The summed E-state index contributed by atoms with van der Waals surface area (Å²) in [5, 5.41) is 10.4. The summed E-state index contributed by atoms with van der Waals surface area (Å²) in [6, 6.07) is 6.31. The number of hydrogen-bond donors (Lipinski definition) is 1. The number of nitrogens with zero attached hydrogens (tertiary/aromatic N) is 1. The van der Waals surface area contributed by atoms with Gasteiger partial charge in [0, 0.05) is 13.1 Å². The van der Waals surface area contributed by atoms with Crippen LogP contribution in [0, 0.1) is 19.8 Å². The Labute approximate surface area is 111 Å². The molecular weight excluding hydrogens is 222 g/mol. The summed E-state index contributed by atoms with van der Waals surface area (Å²) >= 11 is 0. The number of β-amino-alcohol motifs (C(OH)–C–C–N with tert-alkyl or cyclic N) is 1. The van der Waals surface area contributed by atoms with Crippen LogP contribution < -0.4 is 0 Å². The van der Waals surface area contributed by atoms with Crippen LogP contribution in [0.25, 0.3) is 0 Å². The average Bonchev–Trinajstić information content (AvgIpc) is 2.28. The normalized spacial score (nSPS) is 23.0. The van der Waals surface area contributed by atoms with Gasteiger partial charge in [0.1, 0.15) is 0 Å². The van der Waals surface area contributed by atoms with Crippen molar-refractivity contribution in [3.63, 3.8) is 0 Å². The molecule has 1 aromatic carbocycles. The molecule has 0 amide bonds. The Morgan fingerprint density at radius 3 is 2.83 bits per heavy atom. The maximum atomic E-state index is 10.4. The predicted octanol–water partition coefficient (Wildman–Crippen LogP) is 3.07. The van der Waals surface area contributed by atoms with Crippen LogP contribution in [0.1, 0.15) is 42.6 Å². The van der Waals surface area contributed by atoms with Crippen molar-refractivity contribution in [3.8, 4) is 0 Å². The molecule has 100 valence electrons. The predicted molar refractivity (Wildman–Crippen MR) is 75.7 cm³/mol. The molecule has 1 aliphatic rings. The molecule has 0 aliphatic carbocycles. The fourth-order valence-corrected chi connectivity index (χ4v) is 2.99. The second-order valence-corrected chi connectivity index (χ2v) is 5.88. The van der Waals surface area contributed by atoms with Crippen molar-refractivity contribution in [1.82, 2.24) is 4.90 Å². The van der Waals surface area contributed by atoms with E-state index >= 15 is 0 Å². The lowest BCUT2D eigenvalue weighted by Gasteiger charge is -2.32. The van der Waals surface area contributed by atoms with Crippen LogP contribution in [0.15, 0.2) is 18.2 Å².